The predicted octanol–water partition coefficient (Wildman–Crippen LogP) is 3.92. The summed E-state index contributed by atoms with van der Waals surface area (Å²) in [6, 6.07) is 18.5. The number of aromatic nitrogens is 2. The van der Waals surface area contributed by atoms with Crippen molar-refractivity contribution in [2.45, 2.75) is 13.1 Å². The van der Waals surface area contributed by atoms with E-state index in [-0.39, 0.29) is 0 Å². The van der Waals surface area contributed by atoms with Crippen molar-refractivity contribution < 1.29 is 0 Å². The number of hydrogen-bond donors (Lipinski definition) is 1. The van der Waals surface area contributed by atoms with Crippen molar-refractivity contribution in [3.8, 4) is 5.69 Å². The topological polar surface area (TPSA) is 29.9 Å². The van der Waals surface area contributed by atoms with Gasteiger partial charge in [0.25, 0.3) is 0 Å². The lowest BCUT2D eigenvalue weighted by atomic mass is 10.1. The van der Waals surface area contributed by atoms with Crippen LogP contribution in [0.15, 0.2) is 71.5 Å². The maximum atomic E-state index is 4.31. The summed E-state index contributed by atoms with van der Waals surface area (Å²) >= 11 is 3.57. The molecule has 4 heteroatoms. The maximum absolute atomic E-state index is 4.31. The molecular formula is C17H16BrN3. The fourth-order valence-electron chi connectivity index (χ4n) is 2.27. The average molecular weight is 342 g/mol. The van der Waals surface area contributed by atoms with Crippen LogP contribution in [0.5, 0.6) is 0 Å². The van der Waals surface area contributed by atoms with Crippen molar-refractivity contribution in [1.82, 2.24) is 15.1 Å². The van der Waals surface area contributed by atoms with E-state index in [1.54, 1.807) is 6.20 Å². The highest BCUT2D eigenvalue weighted by Crippen LogP contribution is 2.17. The molecule has 0 saturated carbocycles. The normalized spacial score (nSPS) is 10.7. The van der Waals surface area contributed by atoms with Crippen molar-refractivity contribution in [1.29, 1.82) is 0 Å². The van der Waals surface area contributed by atoms with Crippen molar-refractivity contribution in [2.75, 3.05) is 0 Å². The summed E-state index contributed by atoms with van der Waals surface area (Å²) in [6.45, 7) is 1.63. The Labute approximate surface area is 132 Å². The van der Waals surface area contributed by atoms with Crippen molar-refractivity contribution in [2.24, 2.45) is 0 Å². The van der Waals surface area contributed by atoms with Crippen LogP contribution >= 0.6 is 15.9 Å². The lowest BCUT2D eigenvalue weighted by Gasteiger charge is -2.11. The van der Waals surface area contributed by atoms with E-state index in [4.69, 9.17) is 0 Å². The Morgan fingerprint density at radius 3 is 2.38 bits per heavy atom. The van der Waals surface area contributed by atoms with E-state index in [2.05, 4.69) is 62.7 Å². The van der Waals surface area contributed by atoms with Crippen LogP contribution in [-0.2, 0) is 13.1 Å². The predicted molar refractivity (Wildman–Crippen MR) is 88.2 cm³/mol. The SMILES string of the molecule is Brc1ccccc1CNCc1ccccc1-n1cccn1. The van der Waals surface area contributed by atoms with E-state index in [9.17, 15) is 0 Å². The van der Waals surface area contributed by atoms with Gasteiger partial charge in [-0.2, -0.15) is 5.10 Å². The van der Waals surface area contributed by atoms with E-state index < -0.39 is 0 Å². The molecule has 0 saturated heterocycles. The second kappa shape index (κ2) is 6.70. The van der Waals surface area contributed by atoms with Crippen molar-refractivity contribution in [3.05, 3.63) is 82.6 Å². The van der Waals surface area contributed by atoms with Crippen LogP contribution in [0, 0.1) is 0 Å². The summed E-state index contributed by atoms with van der Waals surface area (Å²) in [5, 5.41) is 7.80. The molecule has 0 amide bonds. The highest BCUT2D eigenvalue weighted by atomic mass is 79.9. The Morgan fingerprint density at radius 2 is 1.62 bits per heavy atom. The van der Waals surface area contributed by atoms with Crippen LogP contribution in [0.1, 0.15) is 11.1 Å². The molecule has 3 nitrogen and oxygen atoms in total. The standard InChI is InChI=1S/C17H16BrN3/c18-16-8-3-1-6-14(16)12-19-13-15-7-2-4-9-17(15)21-11-5-10-20-21/h1-11,19H,12-13H2. The molecule has 106 valence electrons. The molecular weight excluding hydrogens is 326 g/mol. The molecule has 0 radical (unpaired) electrons. The minimum Gasteiger partial charge on any atom is -0.308 e. The molecule has 3 rings (SSSR count). The fourth-order valence-corrected chi connectivity index (χ4v) is 2.69. The van der Waals surface area contributed by atoms with Crippen molar-refractivity contribution in [3.63, 3.8) is 0 Å². The van der Waals surface area contributed by atoms with Crippen LogP contribution in [0.4, 0.5) is 0 Å². The van der Waals surface area contributed by atoms with E-state index in [1.807, 2.05) is 29.1 Å². The summed E-state index contributed by atoms with van der Waals surface area (Å²) in [5.41, 5.74) is 3.60. The van der Waals surface area contributed by atoms with Crippen LogP contribution in [-0.4, -0.2) is 9.78 Å². The molecule has 21 heavy (non-hydrogen) atoms. The number of nitrogens with one attached hydrogen (secondary N) is 1. The number of hydrogen-bond acceptors (Lipinski definition) is 2. The Morgan fingerprint density at radius 1 is 0.905 bits per heavy atom. The average Bonchev–Trinajstić information content (AvgIpc) is 3.04. The van der Waals surface area contributed by atoms with E-state index in [0.29, 0.717) is 0 Å². The summed E-state index contributed by atoms with van der Waals surface area (Å²) < 4.78 is 3.04. The molecule has 0 atom stereocenters. The monoisotopic (exact) mass is 341 g/mol. The summed E-state index contributed by atoms with van der Waals surface area (Å²) in [6.07, 6.45) is 3.76. The third kappa shape index (κ3) is 3.40. The number of benzene rings is 2. The lowest BCUT2D eigenvalue weighted by Crippen LogP contribution is -2.15. The quantitative estimate of drug-likeness (QED) is 0.762. The number of halogens is 1. The fraction of sp³-hybridized carbons (Fsp3) is 0.118. The van der Waals surface area contributed by atoms with Gasteiger partial charge in [0.2, 0.25) is 0 Å². The first kappa shape index (κ1) is 14.0. The molecule has 1 N–H and O–H groups in total. The molecule has 2 aromatic carbocycles. The molecule has 0 aliphatic rings. The Hall–Kier alpha value is -1.91. The zero-order valence-electron chi connectivity index (χ0n) is 11.5. The van der Waals surface area contributed by atoms with Gasteiger partial charge >= 0.3 is 0 Å². The van der Waals surface area contributed by atoms with Gasteiger partial charge in [-0.05, 0) is 29.3 Å². The first-order chi connectivity index (χ1) is 10.3. The van der Waals surface area contributed by atoms with Gasteiger partial charge in [0, 0.05) is 30.0 Å². The van der Waals surface area contributed by atoms with Gasteiger partial charge < -0.3 is 5.32 Å². The molecule has 0 fully saturated rings. The lowest BCUT2D eigenvalue weighted by molar-refractivity contribution is 0.684. The van der Waals surface area contributed by atoms with E-state index >= 15 is 0 Å². The minimum atomic E-state index is 0.803. The van der Waals surface area contributed by atoms with Gasteiger partial charge in [0.1, 0.15) is 0 Å². The largest absolute Gasteiger partial charge is 0.308 e. The Balaban J connectivity index is 1.70. The third-order valence-corrected chi connectivity index (χ3v) is 4.11. The van der Waals surface area contributed by atoms with Crippen molar-refractivity contribution >= 4 is 15.9 Å². The number of para-hydroxylation sites is 1. The molecule has 0 bridgehead atoms. The zero-order valence-corrected chi connectivity index (χ0v) is 13.1. The smallest absolute Gasteiger partial charge is 0.0690 e. The van der Waals surface area contributed by atoms with E-state index in [0.717, 1.165) is 23.2 Å². The first-order valence-corrected chi connectivity index (χ1v) is 7.66. The first-order valence-electron chi connectivity index (χ1n) is 6.86. The van der Waals surface area contributed by atoms with Gasteiger partial charge in [-0.1, -0.05) is 52.3 Å². The van der Waals surface area contributed by atoms with Gasteiger partial charge in [0.15, 0.2) is 0 Å². The maximum Gasteiger partial charge on any atom is 0.0690 e. The zero-order chi connectivity index (χ0) is 14.5. The van der Waals surface area contributed by atoms with Gasteiger partial charge in [0.05, 0.1) is 5.69 Å². The van der Waals surface area contributed by atoms with Crippen LogP contribution < -0.4 is 5.32 Å². The molecule has 3 aromatic rings. The Kier molecular flexibility index (Phi) is 4.48. The molecule has 0 aliphatic heterocycles. The molecule has 0 aliphatic carbocycles. The highest BCUT2D eigenvalue weighted by Gasteiger charge is 2.04. The molecule has 0 unspecified atom stereocenters. The molecule has 0 spiro atoms. The van der Waals surface area contributed by atoms with E-state index in [1.165, 1.54) is 11.1 Å². The molecule has 1 aromatic heterocycles. The molecule has 1 heterocycles. The minimum absolute atomic E-state index is 0.803. The summed E-state index contributed by atoms with van der Waals surface area (Å²) in [7, 11) is 0. The summed E-state index contributed by atoms with van der Waals surface area (Å²) in [4.78, 5) is 0. The van der Waals surface area contributed by atoms with Gasteiger partial charge in [-0.15, -0.1) is 0 Å². The Bertz CT molecular complexity index is 708. The van der Waals surface area contributed by atoms with Crippen LogP contribution in [0.25, 0.3) is 5.69 Å². The van der Waals surface area contributed by atoms with Gasteiger partial charge in [-0.25, -0.2) is 4.68 Å². The second-order valence-corrected chi connectivity index (χ2v) is 5.63. The third-order valence-electron chi connectivity index (χ3n) is 3.33. The second-order valence-electron chi connectivity index (χ2n) is 4.77. The van der Waals surface area contributed by atoms with Gasteiger partial charge in [-0.3, -0.25) is 0 Å². The van der Waals surface area contributed by atoms with Crippen LogP contribution in [0.2, 0.25) is 0 Å². The number of rotatable bonds is 5. The summed E-state index contributed by atoms with van der Waals surface area (Å²) in [5.74, 6) is 0. The highest BCUT2D eigenvalue weighted by molar-refractivity contribution is 9.10. The van der Waals surface area contributed by atoms with Crippen LogP contribution in [0.3, 0.4) is 0 Å². The number of nitrogens with zero attached hydrogens (tertiary/aromatic N) is 2.